The maximum Gasteiger partial charge on any atom is 0.336 e. The molecule has 0 spiro atoms. The fraction of sp³-hybridized carbons (Fsp3) is 0.125. The summed E-state index contributed by atoms with van der Waals surface area (Å²) in [7, 11) is 1.52. The van der Waals surface area contributed by atoms with E-state index in [9.17, 15) is 14.7 Å². The molecule has 0 amide bonds. The molecule has 0 fully saturated rings. The van der Waals surface area contributed by atoms with Crippen LogP contribution in [0.4, 0.5) is 0 Å². The molecule has 0 saturated carbocycles. The fourth-order valence-electron chi connectivity index (χ4n) is 2.08. The summed E-state index contributed by atoms with van der Waals surface area (Å²) < 4.78 is 5.15. The van der Waals surface area contributed by atoms with E-state index in [1.807, 2.05) is 0 Å². The molecule has 0 aliphatic rings. The van der Waals surface area contributed by atoms with Gasteiger partial charge in [0.05, 0.1) is 12.7 Å². The predicted molar refractivity (Wildman–Crippen MR) is 75.4 cm³/mol. The molecule has 0 atom stereocenters. The van der Waals surface area contributed by atoms with Crippen LogP contribution in [-0.2, 0) is 0 Å². The van der Waals surface area contributed by atoms with E-state index in [0.717, 1.165) is 0 Å². The summed E-state index contributed by atoms with van der Waals surface area (Å²) in [5.74, 6) is -0.578. The van der Waals surface area contributed by atoms with Gasteiger partial charge in [-0.2, -0.15) is 0 Å². The number of hydrogen-bond donors (Lipinski definition) is 1. The van der Waals surface area contributed by atoms with Crippen LogP contribution >= 0.6 is 0 Å². The Kier molecular flexibility index (Phi) is 3.84. The molecular formula is C16H14O4. The third-order valence-electron chi connectivity index (χ3n) is 3.05. The van der Waals surface area contributed by atoms with Crippen molar-refractivity contribution in [1.29, 1.82) is 0 Å². The maximum absolute atomic E-state index is 11.7. The van der Waals surface area contributed by atoms with E-state index >= 15 is 0 Å². The Morgan fingerprint density at radius 1 is 1.00 bits per heavy atom. The molecule has 0 unspecified atom stereocenters. The highest BCUT2D eigenvalue weighted by atomic mass is 16.5. The van der Waals surface area contributed by atoms with Crippen molar-refractivity contribution in [2.24, 2.45) is 0 Å². The fourth-order valence-corrected chi connectivity index (χ4v) is 2.08. The molecule has 2 aromatic carbocycles. The number of ether oxygens (including phenoxy) is 1. The second-order valence-corrected chi connectivity index (χ2v) is 4.32. The summed E-state index contributed by atoms with van der Waals surface area (Å²) in [6, 6.07) is 11.6. The molecule has 0 saturated heterocycles. The van der Waals surface area contributed by atoms with Crippen molar-refractivity contribution in [2.75, 3.05) is 7.11 Å². The number of carboxylic acid groups (broad SMARTS) is 1. The largest absolute Gasteiger partial charge is 0.497 e. The number of rotatable bonds is 4. The number of hydrogen-bond acceptors (Lipinski definition) is 3. The minimum absolute atomic E-state index is 0.122. The average molecular weight is 270 g/mol. The highest BCUT2D eigenvalue weighted by molar-refractivity contribution is 6.04. The van der Waals surface area contributed by atoms with Crippen LogP contribution in [-0.4, -0.2) is 24.0 Å². The Balaban J connectivity index is 2.73. The zero-order chi connectivity index (χ0) is 14.7. The Labute approximate surface area is 116 Å². The Morgan fingerprint density at radius 2 is 1.70 bits per heavy atom. The molecular weight excluding hydrogens is 256 g/mol. The second-order valence-electron chi connectivity index (χ2n) is 4.32. The summed E-state index contributed by atoms with van der Waals surface area (Å²) in [5.41, 5.74) is 1.70. The first-order chi connectivity index (χ1) is 9.54. The number of carbonyl (C=O) groups excluding carboxylic acids is 1. The summed E-state index contributed by atoms with van der Waals surface area (Å²) >= 11 is 0. The molecule has 0 aliphatic heterocycles. The highest BCUT2D eigenvalue weighted by Crippen LogP contribution is 2.31. The predicted octanol–water partition coefficient (Wildman–Crippen LogP) is 3.26. The first-order valence-corrected chi connectivity index (χ1v) is 6.06. The van der Waals surface area contributed by atoms with E-state index in [2.05, 4.69) is 0 Å². The lowest BCUT2D eigenvalue weighted by Crippen LogP contribution is -2.03. The van der Waals surface area contributed by atoms with Crippen molar-refractivity contribution in [2.45, 2.75) is 6.92 Å². The van der Waals surface area contributed by atoms with E-state index < -0.39 is 5.97 Å². The van der Waals surface area contributed by atoms with Gasteiger partial charge in [-0.1, -0.05) is 18.2 Å². The van der Waals surface area contributed by atoms with Crippen LogP contribution in [0.3, 0.4) is 0 Å². The third kappa shape index (κ3) is 2.54. The Hall–Kier alpha value is -2.62. The van der Waals surface area contributed by atoms with Gasteiger partial charge in [0.1, 0.15) is 5.75 Å². The number of aromatic carboxylic acids is 1. The maximum atomic E-state index is 11.7. The van der Waals surface area contributed by atoms with Gasteiger partial charge in [0.2, 0.25) is 0 Å². The summed E-state index contributed by atoms with van der Waals surface area (Å²) in [4.78, 5) is 23.0. The topological polar surface area (TPSA) is 63.6 Å². The minimum Gasteiger partial charge on any atom is -0.497 e. The van der Waals surface area contributed by atoms with Crippen LogP contribution in [0.2, 0.25) is 0 Å². The standard InChI is InChI=1S/C16H14O4/c1-10(17)12-8-7-11(20-2)9-15(12)13-5-3-4-6-14(13)16(18)19/h3-9H,1-2H3,(H,18,19). The molecule has 4 heteroatoms. The number of Topliss-reactive ketones (excluding diaryl/α,β-unsaturated/α-hetero) is 1. The molecule has 1 N–H and O–H groups in total. The Bertz CT molecular complexity index is 674. The molecule has 20 heavy (non-hydrogen) atoms. The second kappa shape index (κ2) is 5.57. The molecule has 0 aliphatic carbocycles. The zero-order valence-electron chi connectivity index (χ0n) is 11.2. The number of benzene rings is 2. The van der Waals surface area contributed by atoms with E-state index in [4.69, 9.17) is 4.74 Å². The van der Waals surface area contributed by atoms with Crippen molar-refractivity contribution in [1.82, 2.24) is 0 Å². The Morgan fingerprint density at radius 3 is 2.30 bits per heavy atom. The van der Waals surface area contributed by atoms with E-state index in [1.54, 1.807) is 36.4 Å². The van der Waals surface area contributed by atoms with Crippen molar-refractivity contribution in [3.8, 4) is 16.9 Å². The van der Waals surface area contributed by atoms with Crippen LogP contribution < -0.4 is 4.74 Å². The lowest BCUT2D eigenvalue weighted by molar-refractivity contribution is 0.0697. The van der Waals surface area contributed by atoms with Crippen LogP contribution in [0.5, 0.6) is 5.75 Å². The monoisotopic (exact) mass is 270 g/mol. The van der Waals surface area contributed by atoms with Crippen LogP contribution in [0.15, 0.2) is 42.5 Å². The van der Waals surface area contributed by atoms with Crippen molar-refractivity contribution < 1.29 is 19.4 Å². The molecule has 4 nitrogen and oxygen atoms in total. The van der Waals surface area contributed by atoms with Gasteiger partial charge in [-0.05, 0) is 42.3 Å². The SMILES string of the molecule is COc1ccc(C(C)=O)c(-c2ccccc2C(=O)O)c1. The summed E-state index contributed by atoms with van der Waals surface area (Å²) in [5, 5.41) is 9.27. The van der Waals surface area contributed by atoms with E-state index in [0.29, 0.717) is 22.4 Å². The van der Waals surface area contributed by atoms with Crippen LogP contribution in [0.25, 0.3) is 11.1 Å². The summed E-state index contributed by atoms with van der Waals surface area (Å²) in [6.07, 6.45) is 0. The molecule has 0 heterocycles. The summed E-state index contributed by atoms with van der Waals surface area (Å²) in [6.45, 7) is 1.45. The highest BCUT2D eigenvalue weighted by Gasteiger charge is 2.16. The van der Waals surface area contributed by atoms with Gasteiger partial charge < -0.3 is 9.84 Å². The van der Waals surface area contributed by atoms with Gasteiger partial charge in [0, 0.05) is 5.56 Å². The van der Waals surface area contributed by atoms with Crippen molar-refractivity contribution >= 4 is 11.8 Å². The zero-order valence-corrected chi connectivity index (χ0v) is 11.2. The number of ketones is 1. The van der Waals surface area contributed by atoms with Crippen molar-refractivity contribution in [3.63, 3.8) is 0 Å². The van der Waals surface area contributed by atoms with Gasteiger partial charge in [0.25, 0.3) is 0 Å². The van der Waals surface area contributed by atoms with E-state index in [-0.39, 0.29) is 11.3 Å². The smallest absolute Gasteiger partial charge is 0.336 e. The number of carbonyl (C=O) groups is 2. The normalized spacial score (nSPS) is 10.1. The van der Waals surface area contributed by atoms with Gasteiger partial charge in [-0.15, -0.1) is 0 Å². The van der Waals surface area contributed by atoms with Gasteiger partial charge in [-0.25, -0.2) is 4.79 Å². The minimum atomic E-state index is -1.03. The molecule has 0 radical (unpaired) electrons. The lowest BCUT2D eigenvalue weighted by Gasteiger charge is -2.12. The van der Waals surface area contributed by atoms with Crippen LogP contribution in [0.1, 0.15) is 27.6 Å². The molecule has 102 valence electrons. The quantitative estimate of drug-likeness (QED) is 0.866. The average Bonchev–Trinajstić information content (AvgIpc) is 2.46. The number of carboxylic acids is 1. The van der Waals surface area contributed by atoms with Crippen LogP contribution in [0, 0.1) is 0 Å². The van der Waals surface area contributed by atoms with E-state index in [1.165, 1.54) is 20.1 Å². The van der Waals surface area contributed by atoms with Crippen molar-refractivity contribution in [3.05, 3.63) is 53.6 Å². The molecule has 0 bridgehead atoms. The lowest BCUT2D eigenvalue weighted by atomic mass is 9.93. The number of methoxy groups -OCH3 is 1. The molecule has 2 aromatic rings. The first-order valence-electron chi connectivity index (χ1n) is 6.06. The third-order valence-corrected chi connectivity index (χ3v) is 3.05. The van der Waals surface area contributed by atoms with Gasteiger partial charge >= 0.3 is 5.97 Å². The van der Waals surface area contributed by atoms with Gasteiger partial charge in [-0.3, -0.25) is 4.79 Å². The molecule has 2 rings (SSSR count). The first kappa shape index (κ1) is 13.8. The molecule has 0 aromatic heterocycles. The van der Waals surface area contributed by atoms with Gasteiger partial charge in [0.15, 0.2) is 5.78 Å².